The van der Waals surface area contributed by atoms with E-state index in [2.05, 4.69) is 15.0 Å². The predicted molar refractivity (Wildman–Crippen MR) is 131 cm³/mol. The molecule has 0 aliphatic heterocycles. The molecule has 10 heteroatoms. The van der Waals surface area contributed by atoms with Gasteiger partial charge in [-0.3, -0.25) is 4.79 Å². The number of nitrogens with zero attached hydrogens (tertiary/aromatic N) is 3. The Morgan fingerprint density at radius 2 is 1.91 bits per heavy atom. The van der Waals surface area contributed by atoms with E-state index in [9.17, 15) is 13.2 Å². The maximum Gasteiger partial charge on any atom is 0.225 e. The number of rotatable bonds is 11. The second-order valence-electron chi connectivity index (χ2n) is 8.84. The summed E-state index contributed by atoms with van der Waals surface area (Å²) in [5.41, 5.74) is 1.26. The molecule has 0 saturated carbocycles. The topological polar surface area (TPSA) is 115 Å². The maximum absolute atomic E-state index is 12.5. The number of imidazole rings is 1. The van der Waals surface area contributed by atoms with Gasteiger partial charge in [-0.15, -0.1) is 0 Å². The number of unbranched alkanes of at least 4 members (excludes halogenated alkanes) is 1. The standard InChI is InChI=1S/C23H33N5O4S/c1-6-8-13-19(29)26-22-20-21(16-11-9-10-12-17(16)24-22)28(18(25-20)14-32-7-2)15-23(3,4)27-33(5,30)31/h9-12,27H,6-8,13-15H2,1-5H3,(H,24,26,29). The molecule has 2 heterocycles. The summed E-state index contributed by atoms with van der Waals surface area (Å²) in [5.74, 6) is 0.925. The molecule has 2 N–H and O–H groups in total. The lowest BCUT2D eigenvalue weighted by atomic mass is 10.1. The van der Waals surface area contributed by atoms with Crippen molar-refractivity contribution in [2.24, 2.45) is 0 Å². The Kier molecular flexibility index (Phi) is 7.71. The molecule has 0 saturated heterocycles. The molecule has 3 aromatic rings. The van der Waals surface area contributed by atoms with Gasteiger partial charge >= 0.3 is 0 Å². The smallest absolute Gasteiger partial charge is 0.225 e. The van der Waals surface area contributed by atoms with Gasteiger partial charge in [0.15, 0.2) is 5.82 Å². The monoisotopic (exact) mass is 475 g/mol. The van der Waals surface area contributed by atoms with Gasteiger partial charge in [-0.05, 0) is 33.3 Å². The number of nitrogens with one attached hydrogen (secondary N) is 2. The average molecular weight is 476 g/mol. The van der Waals surface area contributed by atoms with Gasteiger partial charge in [0.2, 0.25) is 15.9 Å². The molecule has 180 valence electrons. The number of sulfonamides is 1. The van der Waals surface area contributed by atoms with Crippen molar-refractivity contribution in [2.45, 2.75) is 65.6 Å². The maximum atomic E-state index is 12.5. The SMILES string of the molecule is CCCCC(=O)Nc1nc2ccccc2c2c1nc(COCC)n2CC(C)(C)NS(C)(=O)=O. The van der Waals surface area contributed by atoms with Crippen molar-refractivity contribution in [3.8, 4) is 0 Å². The van der Waals surface area contributed by atoms with Gasteiger partial charge in [0.1, 0.15) is 17.9 Å². The summed E-state index contributed by atoms with van der Waals surface area (Å²) in [4.78, 5) is 22.0. The number of amides is 1. The molecular weight excluding hydrogens is 442 g/mol. The fraction of sp³-hybridized carbons (Fsp3) is 0.522. The minimum absolute atomic E-state index is 0.110. The van der Waals surface area contributed by atoms with Crippen LogP contribution < -0.4 is 10.0 Å². The normalized spacial score (nSPS) is 12.5. The van der Waals surface area contributed by atoms with Gasteiger partial charge in [0.25, 0.3) is 0 Å². The van der Waals surface area contributed by atoms with E-state index >= 15 is 0 Å². The first-order valence-electron chi connectivity index (χ1n) is 11.2. The number of para-hydroxylation sites is 1. The van der Waals surface area contributed by atoms with Gasteiger partial charge in [0, 0.05) is 30.5 Å². The fourth-order valence-electron chi connectivity index (χ4n) is 3.90. The first-order chi connectivity index (χ1) is 15.5. The lowest BCUT2D eigenvalue weighted by Gasteiger charge is -2.27. The van der Waals surface area contributed by atoms with Crippen LogP contribution >= 0.6 is 0 Å². The number of carbonyl (C=O) groups is 1. The lowest BCUT2D eigenvalue weighted by molar-refractivity contribution is -0.116. The van der Waals surface area contributed by atoms with Crippen LogP contribution in [0.4, 0.5) is 5.82 Å². The van der Waals surface area contributed by atoms with Gasteiger partial charge in [-0.1, -0.05) is 31.5 Å². The van der Waals surface area contributed by atoms with Crippen LogP contribution in [0.2, 0.25) is 0 Å². The molecule has 0 aliphatic carbocycles. The third-order valence-corrected chi connectivity index (χ3v) is 6.05. The zero-order chi connectivity index (χ0) is 24.2. The highest BCUT2D eigenvalue weighted by Crippen LogP contribution is 2.31. The largest absolute Gasteiger partial charge is 0.374 e. The molecule has 9 nitrogen and oxygen atoms in total. The van der Waals surface area contributed by atoms with Crippen molar-refractivity contribution in [1.29, 1.82) is 0 Å². The minimum atomic E-state index is -3.43. The van der Waals surface area contributed by atoms with Crippen molar-refractivity contribution < 1.29 is 17.9 Å². The van der Waals surface area contributed by atoms with E-state index in [1.165, 1.54) is 0 Å². The minimum Gasteiger partial charge on any atom is -0.374 e. The number of hydrogen-bond acceptors (Lipinski definition) is 6. The summed E-state index contributed by atoms with van der Waals surface area (Å²) in [6, 6.07) is 7.64. The molecular formula is C23H33N5O4S. The number of carbonyl (C=O) groups excluding carboxylic acids is 1. The third-order valence-electron chi connectivity index (χ3n) is 5.13. The first kappa shape index (κ1) is 25.1. The zero-order valence-electron chi connectivity index (χ0n) is 19.9. The Morgan fingerprint density at radius 1 is 1.18 bits per heavy atom. The number of fused-ring (bicyclic) bond motifs is 3. The Hall–Kier alpha value is -2.56. The molecule has 0 atom stereocenters. The number of pyridine rings is 1. The third kappa shape index (κ3) is 6.27. The van der Waals surface area contributed by atoms with E-state index in [0.717, 1.165) is 30.0 Å². The molecule has 0 spiro atoms. The van der Waals surface area contributed by atoms with Crippen molar-refractivity contribution in [3.05, 3.63) is 30.1 Å². The predicted octanol–water partition coefficient (Wildman–Crippen LogP) is 3.58. The van der Waals surface area contributed by atoms with Crippen LogP contribution in [0, 0.1) is 0 Å². The summed E-state index contributed by atoms with van der Waals surface area (Å²) in [7, 11) is -3.43. The molecule has 0 aliphatic rings. The molecule has 33 heavy (non-hydrogen) atoms. The quantitative estimate of drug-likeness (QED) is 0.438. The summed E-state index contributed by atoms with van der Waals surface area (Å²) >= 11 is 0. The van der Waals surface area contributed by atoms with Crippen molar-refractivity contribution in [1.82, 2.24) is 19.3 Å². The highest BCUT2D eigenvalue weighted by molar-refractivity contribution is 7.88. The van der Waals surface area contributed by atoms with Crippen LogP contribution in [-0.2, 0) is 32.7 Å². The number of hydrogen-bond donors (Lipinski definition) is 2. The fourth-order valence-corrected chi connectivity index (χ4v) is 4.97. The van der Waals surface area contributed by atoms with Gasteiger partial charge in [-0.25, -0.2) is 23.1 Å². The highest BCUT2D eigenvalue weighted by atomic mass is 32.2. The summed E-state index contributed by atoms with van der Waals surface area (Å²) < 4.78 is 34.2. The van der Waals surface area contributed by atoms with Gasteiger partial charge in [-0.2, -0.15) is 0 Å². The molecule has 0 bridgehead atoms. The van der Waals surface area contributed by atoms with Crippen LogP contribution in [0.15, 0.2) is 24.3 Å². The van der Waals surface area contributed by atoms with E-state index in [1.807, 2.05) is 56.5 Å². The van der Waals surface area contributed by atoms with E-state index in [4.69, 9.17) is 9.72 Å². The van der Waals surface area contributed by atoms with Crippen LogP contribution in [0.1, 0.15) is 52.8 Å². The van der Waals surface area contributed by atoms with Gasteiger partial charge < -0.3 is 14.6 Å². The second-order valence-corrected chi connectivity index (χ2v) is 10.6. The molecule has 0 fully saturated rings. The zero-order valence-corrected chi connectivity index (χ0v) is 20.8. The first-order valence-corrected chi connectivity index (χ1v) is 13.1. The highest BCUT2D eigenvalue weighted by Gasteiger charge is 2.27. The van der Waals surface area contributed by atoms with Crippen LogP contribution in [0.25, 0.3) is 21.9 Å². The van der Waals surface area contributed by atoms with Crippen LogP contribution in [0.5, 0.6) is 0 Å². The van der Waals surface area contributed by atoms with Crippen molar-refractivity contribution >= 4 is 43.7 Å². The van der Waals surface area contributed by atoms with E-state index in [1.54, 1.807) is 0 Å². The number of ether oxygens (including phenoxy) is 1. The average Bonchev–Trinajstić information content (AvgIpc) is 3.07. The number of anilines is 1. The van der Waals surface area contributed by atoms with Gasteiger partial charge in [0.05, 0.1) is 17.3 Å². The Labute approximate surface area is 195 Å². The summed E-state index contributed by atoms with van der Waals surface area (Å²) in [6.45, 7) is 8.65. The molecule has 1 amide bonds. The van der Waals surface area contributed by atoms with Crippen LogP contribution in [0.3, 0.4) is 0 Å². The Morgan fingerprint density at radius 3 is 2.58 bits per heavy atom. The second kappa shape index (κ2) is 10.1. The Balaban J connectivity index is 2.21. The van der Waals surface area contributed by atoms with E-state index < -0.39 is 15.6 Å². The number of benzene rings is 1. The molecule has 1 aromatic carbocycles. The van der Waals surface area contributed by atoms with Crippen LogP contribution in [-0.4, -0.2) is 47.3 Å². The molecule has 3 rings (SSSR count). The molecule has 0 radical (unpaired) electrons. The van der Waals surface area contributed by atoms with E-state index in [-0.39, 0.29) is 12.5 Å². The molecule has 0 unspecified atom stereocenters. The van der Waals surface area contributed by atoms with Crippen molar-refractivity contribution in [2.75, 3.05) is 18.2 Å². The summed E-state index contributed by atoms with van der Waals surface area (Å²) in [6.07, 6.45) is 3.26. The van der Waals surface area contributed by atoms with Crippen molar-refractivity contribution in [3.63, 3.8) is 0 Å². The molecule has 2 aromatic heterocycles. The Bertz CT molecular complexity index is 1250. The number of aromatic nitrogens is 3. The summed E-state index contributed by atoms with van der Waals surface area (Å²) in [5, 5.41) is 3.80. The van der Waals surface area contributed by atoms with E-state index in [0.29, 0.717) is 42.2 Å². The lowest BCUT2D eigenvalue weighted by Crippen LogP contribution is -2.46.